The Bertz CT molecular complexity index is 378. The van der Waals surface area contributed by atoms with Gasteiger partial charge < -0.3 is 16.0 Å². The number of hydrogen-bond acceptors (Lipinski definition) is 5. The van der Waals surface area contributed by atoms with Gasteiger partial charge in [-0.3, -0.25) is 0 Å². The summed E-state index contributed by atoms with van der Waals surface area (Å²) >= 11 is 0. The van der Waals surface area contributed by atoms with Crippen LogP contribution in [-0.4, -0.2) is 36.1 Å². The molecule has 19 heavy (non-hydrogen) atoms. The highest BCUT2D eigenvalue weighted by Gasteiger charge is 2.08. The number of aryl methyl sites for hydroxylation is 1. The molecular formula is C14H27N5. The number of hydrogen-bond donors (Lipinski definition) is 2. The van der Waals surface area contributed by atoms with E-state index in [0.717, 1.165) is 30.5 Å². The highest BCUT2D eigenvalue weighted by atomic mass is 15.2. The maximum Gasteiger partial charge on any atom is 0.134 e. The first-order valence-electron chi connectivity index (χ1n) is 7.09. The van der Waals surface area contributed by atoms with Crippen LogP contribution in [0.4, 0.5) is 11.6 Å². The fraction of sp³-hybridized carbons (Fsp3) is 0.714. The van der Waals surface area contributed by atoms with Crippen molar-refractivity contribution in [2.75, 3.05) is 30.4 Å². The molecule has 0 amide bonds. The van der Waals surface area contributed by atoms with Gasteiger partial charge in [0.2, 0.25) is 0 Å². The van der Waals surface area contributed by atoms with Gasteiger partial charge in [0.1, 0.15) is 17.5 Å². The number of nitrogens with one attached hydrogen (secondary N) is 1. The van der Waals surface area contributed by atoms with Gasteiger partial charge in [-0.05, 0) is 20.3 Å². The highest BCUT2D eigenvalue weighted by Crippen LogP contribution is 2.15. The molecule has 5 heteroatoms. The van der Waals surface area contributed by atoms with Gasteiger partial charge in [0.15, 0.2) is 0 Å². The molecule has 0 radical (unpaired) electrons. The molecule has 0 saturated heterocycles. The van der Waals surface area contributed by atoms with Crippen LogP contribution in [0.2, 0.25) is 0 Å². The number of aromatic nitrogens is 2. The molecule has 5 nitrogen and oxygen atoms in total. The quantitative estimate of drug-likeness (QED) is 0.705. The summed E-state index contributed by atoms with van der Waals surface area (Å²) in [6, 6.07) is 2.11. The zero-order valence-electron chi connectivity index (χ0n) is 12.6. The minimum Gasteiger partial charge on any atom is -0.370 e. The van der Waals surface area contributed by atoms with Crippen molar-refractivity contribution >= 4 is 11.6 Å². The summed E-state index contributed by atoms with van der Waals surface area (Å²) < 4.78 is 0. The van der Waals surface area contributed by atoms with Crippen LogP contribution in [0, 0.1) is 6.92 Å². The second-order valence-corrected chi connectivity index (χ2v) is 5.15. The average Bonchev–Trinajstić information content (AvgIpc) is 2.33. The summed E-state index contributed by atoms with van der Waals surface area (Å²) in [6.07, 6.45) is 3.64. The maximum absolute atomic E-state index is 5.82. The van der Waals surface area contributed by atoms with E-state index >= 15 is 0 Å². The molecule has 0 aliphatic heterocycles. The SMILES string of the molecule is CCCCCNc1cc(N(C)CC(C)N)nc(C)n1. The lowest BCUT2D eigenvalue weighted by Gasteiger charge is -2.21. The molecule has 1 aromatic rings. The first-order chi connectivity index (χ1) is 9.02. The van der Waals surface area contributed by atoms with Gasteiger partial charge in [0, 0.05) is 32.2 Å². The normalized spacial score (nSPS) is 12.3. The van der Waals surface area contributed by atoms with Crippen molar-refractivity contribution in [3.8, 4) is 0 Å². The molecule has 0 spiro atoms. The third kappa shape index (κ3) is 5.87. The van der Waals surface area contributed by atoms with E-state index in [-0.39, 0.29) is 6.04 Å². The topological polar surface area (TPSA) is 67.1 Å². The van der Waals surface area contributed by atoms with Crippen LogP contribution in [0.25, 0.3) is 0 Å². The van der Waals surface area contributed by atoms with E-state index in [9.17, 15) is 0 Å². The summed E-state index contributed by atoms with van der Waals surface area (Å²) in [5.74, 6) is 2.60. The predicted octanol–water partition coefficient (Wildman–Crippen LogP) is 2.17. The Hall–Kier alpha value is -1.36. The Morgan fingerprint density at radius 3 is 2.74 bits per heavy atom. The monoisotopic (exact) mass is 265 g/mol. The van der Waals surface area contributed by atoms with E-state index in [1.165, 1.54) is 19.3 Å². The minimum atomic E-state index is 0.126. The lowest BCUT2D eigenvalue weighted by atomic mass is 10.2. The van der Waals surface area contributed by atoms with Gasteiger partial charge in [-0.15, -0.1) is 0 Å². The standard InChI is InChI=1S/C14H27N5/c1-5-6-7-8-16-13-9-14(18-12(3)17-13)19(4)10-11(2)15/h9,11H,5-8,10,15H2,1-4H3,(H,16,17,18). The van der Waals surface area contributed by atoms with Crippen LogP contribution in [0.15, 0.2) is 6.07 Å². The van der Waals surface area contributed by atoms with E-state index in [1.807, 2.05) is 27.0 Å². The number of nitrogens with two attached hydrogens (primary N) is 1. The number of nitrogens with zero attached hydrogens (tertiary/aromatic N) is 3. The van der Waals surface area contributed by atoms with Crippen LogP contribution in [0.3, 0.4) is 0 Å². The van der Waals surface area contributed by atoms with Crippen molar-refractivity contribution in [2.24, 2.45) is 5.73 Å². The summed E-state index contributed by atoms with van der Waals surface area (Å²) in [6.45, 7) is 7.86. The second kappa shape index (κ2) is 7.94. The molecule has 0 bridgehead atoms. The minimum absolute atomic E-state index is 0.126. The first kappa shape index (κ1) is 15.7. The molecule has 1 atom stereocenters. The molecule has 0 saturated carbocycles. The van der Waals surface area contributed by atoms with E-state index in [0.29, 0.717) is 0 Å². The van der Waals surface area contributed by atoms with Crippen LogP contribution in [0.5, 0.6) is 0 Å². The van der Waals surface area contributed by atoms with E-state index in [2.05, 4.69) is 27.1 Å². The lowest BCUT2D eigenvalue weighted by molar-refractivity contribution is 0.709. The molecular weight excluding hydrogens is 238 g/mol. The van der Waals surface area contributed by atoms with Gasteiger partial charge in [-0.25, -0.2) is 9.97 Å². The predicted molar refractivity (Wildman–Crippen MR) is 81.7 cm³/mol. The zero-order valence-corrected chi connectivity index (χ0v) is 12.6. The largest absolute Gasteiger partial charge is 0.370 e. The van der Waals surface area contributed by atoms with E-state index in [1.54, 1.807) is 0 Å². The summed E-state index contributed by atoms with van der Waals surface area (Å²) in [5, 5.41) is 3.36. The van der Waals surface area contributed by atoms with Crippen molar-refractivity contribution in [2.45, 2.75) is 46.1 Å². The molecule has 1 aromatic heterocycles. The van der Waals surface area contributed by atoms with Gasteiger partial charge in [-0.2, -0.15) is 0 Å². The molecule has 0 aromatic carbocycles. The Balaban J connectivity index is 2.65. The summed E-state index contributed by atoms with van der Waals surface area (Å²) in [5.41, 5.74) is 5.82. The van der Waals surface area contributed by atoms with Gasteiger partial charge in [0.05, 0.1) is 0 Å². The van der Waals surface area contributed by atoms with Crippen molar-refractivity contribution in [1.82, 2.24) is 9.97 Å². The van der Waals surface area contributed by atoms with Crippen LogP contribution in [0.1, 0.15) is 38.9 Å². The molecule has 1 rings (SSSR count). The van der Waals surface area contributed by atoms with Gasteiger partial charge in [-0.1, -0.05) is 19.8 Å². The smallest absolute Gasteiger partial charge is 0.134 e. The number of anilines is 2. The summed E-state index contributed by atoms with van der Waals surface area (Å²) in [7, 11) is 2.01. The van der Waals surface area contributed by atoms with Crippen molar-refractivity contribution < 1.29 is 0 Å². The number of unbranched alkanes of at least 4 members (excludes halogenated alkanes) is 2. The van der Waals surface area contributed by atoms with Crippen LogP contribution < -0.4 is 16.0 Å². The molecule has 1 heterocycles. The Labute approximate surface area is 116 Å². The van der Waals surface area contributed by atoms with Crippen LogP contribution >= 0.6 is 0 Å². The molecule has 108 valence electrons. The van der Waals surface area contributed by atoms with Crippen molar-refractivity contribution in [1.29, 1.82) is 0 Å². The fourth-order valence-corrected chi connectivity index (χ4v) is 1.96. The third-order valence-corrected chi connectivity index (χ3v) is 2.86. The summed E-state index contributed by atoms with van der Waals surface area (Å²) in [4.78, 5) is 10.9. The van der Waals surface area contributed by atoms with E-state index in [4.69, 9.17) is 5.73 Å². The molecule has 1 unspecified atom stereocenters. The second-order valence-electron chi connectivity index (χ2n) is 5.15. The molecule has 0 fully saturated rings. The lowest BCUT2D eigenvalue weighted by Crippen LogP contribution is -2.33. The Morgan fingerprint density at radius 2 is 2.11 bits per heavy atom. The first-order valence-corrected chi connectivity index (χ1v) is 7.09. The third-order valence-electron chi connectivity index (χ3n) is 2.86. The van der Waals surface area contributed by atoms with Crippen LogP contribution in [-0.2, 0) is 0 Å². The fourth-order valence-electron chi connectivity index (χ4n) is 1.96. The highest BCUT2D eigenvalue weighted by molar-refractivity contribution is 5.49. The Morgan fingerprint density at radius 1 is 1.37 bits per heavy atom. The number of rotatable bonds is 8. The van der Waals surface area contributed by atoms with Crippen molar-refractivity contribution in [3.63, 3.8) is 0 Å². The Kier molecular flexibility index (Phi) is 6.56. The maximum atomic E-state index is 5.82. The molecule has 0 aliphatic rings. The average molecular weight is 265 g/mol. The van der Waals surface area contributed by atoms with E-state index < -0.39 is 0 Å². The molecule has 0 aliphatic carbocycles. The van der Waals surface area contributed by atoms with Gasteiger partial charge >= 0.3 is 0 Å². The number of likely N-dealkylation sites (N-methyl/N-ethyl adjacent to an activating group) is 1. The van der Waals surface area contributed by atoms with Crippen molar-refractivity contribution in [3.05, 3.63) is 11.9 Å². The zero-order chi connectivity index (χ0) is 14.3. The molecule has 3 N–H and O–H groups in total. The van der Waals surface area contributed by atoms with Gasteiger partial charge in [0.25, 0.3) is 0 Å².